The van der Waals surface area contributed by atoms with Crippen molar-refractivity contribution in [2.24, 2.45) is 17.8 Å². The quantitative estimate of drug-likeness (QED) is 0.813. The highest BCUT2D eigenvalue weighted by atomic mass is 35.5. The lowest BCUT2D eigenvalue weighted by atomic mass is 9.89. The van der Waals surface area contributed by atoms with Crippen LogP contribution in [0.5, 0.6) is 5.75 Å². The van der Waals surface area contributed by atoms with Crippen LogP contribution in [0, 0.1) is 17.8 Å². The molecular formula is C18H26ClNO. The van der Waals surface area contributed by atoms with Crippen molar-refractivity contribution in [1.29, 1.82) is 0 Å². The summed E-state index contributed by atoms with van der Waals surface area (Å²) in [6.45, 7) is 6.07. The zero-order valence-electron chi connectivity index (χ0n) is 13.1. The number of hydrogen-bond donors (Lipinski definition) is 1. The van der Waals surface area contributed by atoms with Gasteiger partial charge in [0.15, 0.2) is 0 Å². The van der Waals surface area contributed by atoms with Gasteiger partial charge in [-0.2, -0.15) is 0 Å². The van der Waals surface area contributed by atoms with E-state index in [9.17, 15) is 0 Å². The lowest BCUT2D eigenvalue weighted by Gasteiger charge is -2.22. The Balaban J connectivity index is 1.58. The second-order valence-corrected chi connectivity index (χ2v) is 7.12. The first kappa shape index (κ1) is 15.2. The second-order valence-electron chi connectivity index (χ2n) is 6.72. The number of fused-ring (bicyclic) bond motifs is 2. The van der Waals surface area contributed by atoms with Crippen LogP contribution in [0.2, 0.25) is 5.02 Å². The zero-order chi connectivity index (χ0) is 14.8. The van der Waals surface area contributed by atoms with Crippen LogP contribution in [-0.4, -0.2) is 13.2 Å². The first-order valence-electron chi connectivity index (χ1n) is 8.33. The zero-order valence-corrected chi connectivity index (χ0v) is 13.8. The third-order valence-corrected chi connectivity index (χ3v) is 5.60. The number of benzene rings is 1. The molecule has 1 N–H and O–H groups in total. The molecule has 0 radical (unpaired) electrons. The molecule has 1 aromatic carbocycles. The summed E-state index contributed by atoms with van der Waals surface area (Å²) >= 11 is 6.39. The molecule has 21 heavy (non-hydrogen) atoms. The molecule has 0 spiro atoms. The van der Waals surface area contributed by atoms with Crippen molar-refractivity contribution in [3.63, 3.8) is 0 Å². The summed E-state index contributed by atoms with van der Waals surface area (Å²) < 4.78 is 6.02. The van der Waals surface area contributed by atoms with E-state index in [1.165, 1.54) is 31.2 Å². The van der Waals surface area contributed by atoms with Crippen molar-refractivity contribution >= 4 is 11.6 Å². The molecule has 3 rings (SSSR count). The predicted molar refractivity (Wildman–Crippen MR) is 88.0 cm³/mol. The molecule has 1 aromatic rings. The van der Waals surface area contributed by atoms with Gasteiger partial charge in [0.05, 0.1) is 11.6 Å². The molecule has 0 aliphatic heterocycles. The van der Waals surface area contributed by atoms with Gasteiger partial charge in [-0.3, -0.25) is 0 Å². The molecule has 2 fully saturated rings. The molecule has 2 nitrogen and oxygen atoms in total. The maximum atomic E-state index is 6.39. The minimum absolute atomic E-state index is 0.326. The van der Waals surface area contributed by atoms with Gasteiger partial charge < -0.3 is 10.1 Å². The van der Waals surface area contributed by atoms with Gasteiger partial charge in [-0.05, 0) is 68.2 Å². The van der Waals surface area contributed by atoms with Crippen molar-refractivity contribution in [1.82, 2.24) is 5.32 Å². The fraction of sp³-hybridized carbons (Fsp3) is 0.667. The lowest BCUT2D eigenvalue weighted by Crippen LogP contribution is -2.19. The predicted octanol–water partition coefficient (Wildman–Crippen LogP) is 4.83. The Hall–Kier alpha value is -0.730. The fourth-order valence-electron chi connectivity index (χ4n) is 4.10. The first-order valence-corrected chi connectivity index (χ1v) is 8.70. The number of hydrogen-bond acceptors (Lipinski definition) is 2. The highest BCUT2D eigenvalue weighted by molar-refractivity contribution is 6.32. The van der Waals surface area contributed by atoms with Crippen LogP contribution in [0.1, 0.15) is 51.1 Å². The third-order valence-electron chi connectivity index (χ3n) is 5.30. The van der Waals surface area contributed by atoms with Crippen LogP contribution in [-0.2, 0) is 0 Å². The van der Waals surface area contributed by atoms with Crippen LogP contribution >= 0.6 is 11.6 Å². The summed E-state index contributed by atoms with van der Waals surface area (Å²) in [5.74, 6) is 3.47. The van der Waals surface area contributed by atoms with Crippen LogP contribution in [0.4, 0.5) is 0 Å². The maximum Gasteiger partial charge on any atom is 0.137 e. The molecule has 0 aromatic heterocycles. The second kappa shape index (κ2) is 6.58. The van der Waals surface area contributed by atoms with Gasteiger partial charge in [0.1, 0.15) is 5.75 Å². The Morgan fingerprint density at radius 3 is 2.81 bits per heavy atom. The summed E-state index contributed by atoms with van der Waals surface area (Å²) in [5, 5.41) is 4.14. The monoisotopic (exact) mass is 307 g/mol. The summed E-state index contributed by atoms with van der Waals surface area (Å²) in [6.07, 6.45) is 5.64. The lowest BCUT2D eigenvalue weighted by molar-refractivity contribution is 0.195. The van der Waals surface area contributed by atoms with Crippen molar-refractivity contribution in [3.05, 3.63) is 28.8 Å². The number of ether oxygens (including phenoxy) is 1. The summed E-state index contributed by atoms with van der Waals surface area (Å²) in [6, 6.07) is 6.51. The van der Waals surface area contributed by atoms with Crippen LogP contribution in [0.25, 0.3) is 0 Å². The first-order chi connectivity index (χ1) is 10.2. The van der Waals surface area contributed by atoms with Gasteiger partial charge in [0.25, 0.3) is 0 Å². The van der Waals surface area contributed by atoms with E-state index in [-0.39, 0.29) is 0 Å². The van der Waals surface area contributed by atoms with Crippen LogP contribution in [0.3, 0.4) is 0 Å². The average Bonchev–Trinajstić information content (AvgIpc) is 3.08. The van der Waals surface area contributed by atoms with Crippen molar-refractivity contribution in [2.45, 2.75) is 45.6 Å². The van der Waals surface area contributed by atoms with E-state index < -0.39 is 0 Å². The molecule has 4 atom stereocenters. The molecule has 2 saturated carbocycles. The van der Waals surface area contributed by atoms with Gasteiger partial charge in [0.2, 0.25) is 0 Å². The SMILES string of the molecule is CCNC(C)c1ccc(OCC2CC3CCC2C3)c(Cl)c1. The van der Waals surface area contributed by atoms with E-state index in [0.717, 1.165) is 41.7 Å². The van der Waals surface area contributed by atoms with Gasteiger partial charge in [-0.1, -0.05) is 31.0 Å². The number of rotatable bonds is 6. The van der Waals surface area contributed by atoms with E-state index in [1.807, 2.05) is 12.1 Å². The summed E-state index contributed by atoms with van der Waals surface area (Å²) in [7, 11) is 0. The standard InChI is InChI=1S/C18H26ClNO/c1-3-20-12(2)14-6-7-18(17(19)10-14)21-11-16-9-13-4-5-15(16)8-13/h6-7,10,12-13,15-16,20H,3-5,8-9,11H2,1-2H3. The van der Waals surface area contributed by atoms with E-state index in [1.54, 1.807) is 0 Å². The van der Waals surface area contributed by atoms with Crippen molar-refractivity contribution in [3.8, 4) is 5.75 Å². The van der Waals surface area contributed by atoms with Crippen molar-refractivity contribution in [2.75, 3.05) is 13.2 Å². The highest BCUT2D eigenvalue weighted by Gasteiger charge is 2.39. The smallest absolute Gasteiger partial charge is 0.137 e. The molecular weight excluding hydrogens is 282 g/mol. The topological polar surface area (TPSA) is 21.3 Å². The third kappa shape index (κ3) is 3.37. The van der Waals surface area contributed by atoms with Gasteiger partial charge in [-0.25, -0.2) is 0 Å². The Labute approximate surface area is 133 Å². The molecule has 4 unspecified atom stereocenters. The van der Waals surface area contributed by atoms with Crippen LogP contribution < -0.4 is 10.1 Å². The normalized spacial score (nSPS) is 28.8. The van der Waals surface area contributed by atoms with Crippen molar-refractivity contribution < 1.29 is 4.74 Å². The average molecular weight is 308 g/mol. The van der Waals surface area contributed by atoms with E-state index in [0.29, 0.717) is 6.04 Å². The molecule has 0 amide bonds. The Bertz CT molecular complexity index is 490. The maximum absolute atomic E-state index is 6.39. The molecule has 0 heterocycles. The molecule has 2 aliphatic rings. The minimum Gasteiger partial charge on any atom is -0.492 e. The molecule has 2 bridgehead atoms. The Morgan fingerprint density at radius 2 is 2.19 bits per heavy atom. The number of halogens is 1. The number of nitrogens with one attached hydrogen (secondary N) is 1. The van der Waals surface area contributed by atoms with Gasteiger partial charge in [0, 0.05) is 6.04 Å². The Morgan fingerprint density at radius 1 is 1.33 bits per heavy atom. The minimum atomic E-state index is 0.326. The van der Waals surface area contributed by atoms with E-state index in [2.05, 4.69) is 25.2 Å². The Kier molecular flexibility index (Phi) is 4.75. The molecule has 116 valence electrons. The fourth-order valence-corrected chi connectivity index (χ4v) is 4.35. The van der Waals surface area contributed by atoms with Gasteiger partial charge in [-0.15, -0.1) is 0 Å². The van der Waals surface area contributed by atoms with Gasteiger partial charge >= 0.3 is 0 Å². The van der Waals surface area contributed by atoms with E-state index >= 15 is 0 Å². The van der Waals surface area contributed by atoms with E-state index in [4.69, 9.17) is 16.3 Å². The van der Waals surface area contributed by atoms with Crippen LogP contribution in [0.15, 0.2) is 18.2 Å². The highest BCUT2D eigenvalue weighted by Crippen LogP contribution is 2.48. The summed E-state index contributed by atoms with van der Waals surface area (Å²) in [4.78, 5) is 0. The molecule has 3 heteroatoms. The summed E-state index contributed by atoms with van der Waals surface area (Å²) in [5.41, 5.74) is 1.22. The largest absolute Gasteiger partial charge is 0.492 e. The molecule has 0 saturated heterocycles. The molecule has 2 aliphatic carbocycles.